The van der Waals surface area contributed by atoms with Crippen LogP contribution in [0.1, 0.15) is 12.8 Å². The molecule has 1 atom stereocenters. The minimum atomic E-state index is 0. The highest BCUT2D eigenvalue weighted by atomic mass is 35.5. The van der Waals surface area contributed by atoms with E-state index < -0.39 is 0 Å². The molecule has 1 saturated heterocycles. The number of halogens is 3. The third-order valence-electron chi connectivity index (χ3n) is 3.23. The second kappa shape index (κ2) is 11.3. The zero-order chi connectivity index (χ0) is 15.8. The Hall–Kier alpha value is -0.330. The number of amides is 1. The smallest absolute Gasteiger partial charge is 0.221 e. The van der Waals surface area contributed by atoms with Gasteiger partial charge in [0.1, 0.15) is 5.75 Å². The van der Waals surface area contributed by atoms with Gasteiger partial charge in [0.05, 0.1) is 11.6 Å². The second-order valence-corrected chi connectivity index (χ2v) is 7.05. The van der Waals surface area contributed by atoms with Gasteiger partial charge in [-0.1, -0.05) is 23.2 Å². The van der Waals surface area contributed by atoms with Gasteiger partial charge in [0.2, 0.25) is 5.91 Å². The first-order chi connectivity index (χ1) is 10.6. The summed E-state index contributed by atoms with van der Waals surface area (Å²) in [4.78, 5) is 11.8. The maximum absolute atomic E-state index is 11.8. The van der Waals surface area contributed by atoms with Gasteiger partial charge in [0.15, 0.2) is 0 Å². The van der Waals surface area contributed by atoms with Crippen molar-refractivity contribution in [2.75, 3.05) is 31.2 Å². The van der Waals surface area contributed by atoms with Crippen LogP contribution in [0.4, 0.5) is 0 Å². The zero-order valence-electron chi connectivity index (χ0n) is 12.6. The topological polar surface area (TPSA) is 50.4 Å². The van der Waals surface area contributed by atoms with Crippen LogP contribution in [-0.4, -0.2) is 43.2 Å². The third kappa shape index (κ3) is 7.86. The molecule has 4 nitrogen and oxygen atoms in total. The van der Waals surface area contributed by atoms with Gasteiger partial charge in [-0.2, -0.15) is 11.8 Å². The standard InChI is InChI=1S/C15H20Cl2N2O2S.ClH/c16-11-2-3-14(13(17)8-11)21-6-1-4-19-15(20)9-12-10-22-7-5-18-12;/h2-3,8,12,18H,1,4-7,9-10H2,(H,19,20);1H. The van der Waals surface area contributed by atoms with Crippen LogP contribution in [0.5, 0.6) is 5.75 Å². The summed E-state index contributed by atoms with van der Waals surface area (Å²) in [6.07, 6.45) is 1.27. The molecule has 0 radical (unpaired) electrons. The molecule has 0 bridgehead atoms. The number of carbonyl (C=O) groups excluding carboxylic acids is 1. The fraction of sp³-hybridized carbons (Fsp3) is 0.533. The van der Waals surface area contributed by atoms with Crippen LogP contribution >= 0.6 is 47.4 Å². The molecular weight excluding hydrogens is 379 g/mol. The van der Waals surface area contributed by atoms with E-state index in [0.717, 1.165) is 24.5 Å². The highest BCUT2D eigenvalue weighted by Gasteiger charge is 2.16. The van der Waals surface area contributed by atoms with Crippen molar-refractivity contribution in [3.63, 3.8) is 0 Å². The molecule has 0 aliphatic carbocycles. The fourth-order valence-corrected chi connectivity index (χ4v) is 3.53. The summed E-state index contributed by atoms with van der Waals surface area (Å²) in [5, 5.41) is 7.35. The monoisotopic (exact) mass is 398 g/mol. The van der Waals surface area contributed by atoms with Gasteiger partial charge in [0, 0.05) is 42.1 Å². The van der Waals surface area contributed by atoms with Crippen molar-refractivity contribution >= 4 is 53.3 Å². The van der Waals surface area contributed by atoms with E-state index in [1.54, 1.807) is 18.2 Å². The van der Waals surface area contributed by atoms with Crippen LogP contribution in [0.25, 0.3) is 0 Å². The Morgan fingerprint density at radius 3 is 2.96 bits per heavy atom. The first kappa shape index (κ1) is 20.7. The predicted octanol–water partition coefficient (Wildman–Crippen LogP) is 3.40. The summed E-state index contributed by atoms with van der Waals surface area (Å²) >= 11 is 13.7. The van der Waals surface area contributed by atoms with Crippen LogP contribution in [0.3, 0.4) is 0 Å². The van der Waals surface area contributed by atoms with Gasteiger partial charge in [-0.15, -0.1) is 12.4 Å². The van der Waals surface area contributed by atoms with Gasteiger partial charge in [-0.25, -0.2) is 0 Å². The summed E-state index contributed by atoms with van der Waals surface area (Å²) in [5.41, 5.74) is 0. The van der Waals surface area contributed by atoms with Crippen LogP contribution in [0, 0.1) is 0 Å². The molecule has 130 valence electrons. The van der Waals surface area contributed by atoms with Gasteiger partial charge in [-0.05, 0) is 24.6 Å². The van der Waals surface area contributed by atoms with Crippen molar-refractivity contribution in [3.05, 3.63) is 28.2 Å². The van der Waals surface area contributed by atoms with E-state index in [9.17, 15) is 4.79 Å². The molecule has 1 aromatic carbocycles. The van der Waals surface area contributed by atoms with E-state index in [0.29, 0.717) is 41.4 Å². The van der Waals surface area contributed by atoms with Crippen molar-refractivity contribution in [2.24, 2.45) is 0 Å². The summed E-state index contributed by atoms with van der Waals surface area (Å²) in [6, 6.07) is 5.42. The summed E-state index contributed by atoms with van der Waals surface area (Å²) in [6.45, 7) is 2.08. The van der Waals surface area contributed by atoms with Crippen molar-refractivity contribution in [3.8, 4) is 5.75 Å². The largest absolute Gasteiger partial charge is 0.492 e. The quantitative estimate of drug-likeness (QED) is 0.690. The lowest BCUT2D eigenvalue weighted by atomic mass is 10.2. The molecule has 1 aliphatic rings. The highest BCUT2D eigenvalue weighted by molar-refractivity contribution is 7.99. The first-order valence-electron chi connectivity index (χ1n) is 7.31. The number of carbonyl (C=O) groups is 1. The minimum absolute atomic E-state index is 0. The number of thioether (sulfide) groups is 1. The Balaban J connectivity index is 0.00000264. The maximum atomic E-state index is 11.8. The molecule has 0 saturated carbocycles. The van der Waals surface area contributed by atoms with Crippen LogP contribution in [0.2, 0.25) is 10.0 Å². The number of hydrogen-bond donors (Lipinski definition) is 2. The van der Waals surface area contributed by atoms with Crippen LogP contribution in [0.15, 0.2) is 18.2 Å². The molecular formula is C15H21Cl3N2O2S. The van der Waals surface area contributed by atoms with E-state index in [-0.39, 0.29) is 18.3 Å². The van der Waals surface area contributed by atoms with Crippen molar-refractivity contribution in [2.45, 2.75) is 18.9 Å². The van der Waals surface area contributed by atoms with Gasteiger partial charge < -0.3 is 15.4 Å². The van der Waals surface area contributed by atoms with Crippen molar-refractivity contribution in [1.82, 2.24) is 10.6 Å². The molecule has 1 unspecified atom stereocenters. The molecule has 8 heteroatoms. The highest BCUT2D eigenvalue weighted by Crippen LogP contribution is 2.27. The molecule has 1 fully saturated rings. The van der Waals surface area contributed by atoms with Gasteiger partial charge in [-0.3, -0.25) is 4.79 Å². The molecule has 1 aliphatic heterocycles. The SMILES string of the molecule is Cl.O=C(CC1CSCCN1)NCCCOc1ccc(Cl)cc1Cl. The number of hydrogen-bond acceptors (Lipinski definition) is 4. The lowest BCUT2D eigenvalue weighted by Gasteiger charge is -2.22. The number of rotatable bonds is 7. The number of ether oxygens (including phenoxy) is 1. The Morgan fingerprint density at radius 1 is 1.43 bits per heavy atom. The minimum Gasteiger partial charge on any atom is -0.492 e. The van der Waals surface area contributed by atoms with Gasteiger partial charge in [0.25, 0.3) is 0 Å². The first-order valence-corrected chi connectivity index (χ1v) is 9.22. The molecule has 23 heavy (non-hydrogen) atoms. The summed E-state index contributed by atoms with van der Waals surface area (Å²) < 4.78 is 5.57. The average molecular weight is 400 g/mol. The average Bonchev–Trinajstić information content (AvgIpc) is 2.50. The van der Waals surface area contributed by atoms with Crippen LogP contribution < -0.4 is 15.4 Å². The zero-order valence-corrected chi connectivity index (χ0v) is 15.8. The molecule has 1 heterocycles. The number of nitrogens with one attached hydrogen (secondary N) is 2. The lowest BCUT2D eigenvalue weighted by molar-refractivity contribution is -0.121. The Bertz CT molecular complexity index is 500. The Labute approximate surface area is 157 Å². The maximum Gasteiger partial charge on any atom is 0.221 e. The summed E-state index contributed by atoms with van der Waals surface area (Å²) in [5.74, 6) is 2.83. The molecule has 0 aromatic heterocycles. The third-order valence-corrected chi connectivity index (χ3v) is 4.89. The molecule has 2 N–H and O–H groups in total. The Kier molecular flexibility index (Phi) is 10.1. The van der Waals surface area contributed by atoms with Gasteiger partial charge >= 0.3 is 0 Å². The molecule has 0 spiro atoms. The number of benzene rings is 1. The van der Waals surface area contributed by atoms with Crippen LogP contribution in [-0.2, 0) is 4.79 Å². The molecule has 1 amide bonds. The summed E-state index contributed by atoms with van der Waals surface area (Å²) in [7, 11) is 0. The second-order valence-electron chi connectivity index (χ2n) is 5.06. The Morgan fingerprint density at radius 2 is 2.26 bits per heavy atom. The van der Waals surface area contributed by atoms with E-state index in [4.69, 9.17) is 27.9 Å². The van der Waals surface area contributed by atoms with E-state index in [1.807, 2.05) is 11.8 Å². The predicted molar refractivity (Wildman–Crippen MR) is 101 cm³/mol. The molecule has 1 aromatic rings. The van der Waals surface area contributed by atoms with E-state index >= 15 is 0 Å². The normalized spacial score (nSPS) is 17.2. The fourth-order valence-electron chi connectivity index (χ4n) is 2.12. The van der Waals surface area contributed by atoms with Crippen molar-refractivity contribution in [1.29, 1.82) is 0 Å². The van der Waals surface area contributed by atoms with E-state index in [2.05, 4.69) is 10.6 Å². The lowest BCUT2D eigenvalue weighted by Crippen LogP contribution is -2.41. The van der Waals surface area contributed by atoms with Crippen molar-refractivity contribution < 1.29 is 9.53 Å². The van der Waals surface area contributed by atoms with E-state index in [1.165, 1.54) is 0 Å². The molecule has 2 rings (SSSR count).